The Morgan fingerprint density at radius 1 is 1.30 bits per heavy atom. The summed E-state index contributed by atoms with van der Waals surface area (Å²) in [6.45, 7) is 3.53. The Hall–Kier alpha value is -0.870. The first-order valence-electron chi connectivity index (χ1n) is 8.34. The molecule has 0 amide bonds. The van der Waals surface area contributed by atoms with E-state index < -0.39 is 0 Å². The number of aryl methyl sites for hydroxylation is 1. The van der Waals surface area contributed by atoms with Crippen LogP contribution < -0.4 is 10.6 Å². The van der Waals surface area contributed by atoms with Gasteiger partial charge in [0.1, 0.15) is 0 Å². The van der Waals surface area contributed by atoms with Gasteiger partial charge in [-0.3, -0.25) is 5.10 Å². The summed E-state index contributed by atoms with van der Waals surface area (Å²) in [6, 6.07) is 1.73. The predicted octanol–water partition coefficient (Wildman–Crippen LogP) is 2.69. The standard InChI is InChI=1S/C16H28N4/c1-12(10-14-7-3-2-4-9-17-14)19-15-8-5-6-13-11-18-20-16(13)15/h11-12,14-15,17,19H,2-10H2,1H3,(H,18,20). The summed E-state index contributed by atoms with van der Waals surface area (Å²) >= 11 is 0. The van der Waals surface area contributed by atoms with Gasteiger partial charge in [0.25, 0.3) is 0 Å². The van der Waals surface area contributed by atoms with Crippen molar-refractivity contribution in [3.63, 3.8) is 0 Å². The maximum Gasteiger partial charge on any atom is 0.0553 e. The largest absolute Gasteiger partial charge is 0.314 e. The zero-order chi connectivity index (χ0) is 13.8. The van der Waals surface area contributed by atoms with Crippen LogP contribution in [0.4, 0.5) is 0 Å². The molecule has 0 saturated carbocycles. The van der Waals surface area contributed by atoms with Crippen molar-refractivity contribution in [2.24, 2.45) is 0 Å². The average molecular weight is 276 g/mol. The van der Waals surface area contributed by atoms with Gasteiger partial charge in [-0.1, -0.05) is 12.8 Å². The van der Waals surface area contributed by atoms with Crippen molar-refractivity contribution >= 4 is 0 Å². The van der Waals surface area contributed by atoms with Crippen molar-refractivity contribution < 1.29 is 0 Å². The smallest absolute Gasteiger partial charge is 0.0553 e. The van der Waals surface area contributed by atoms with Gasteiger partial charge < -0.3 is 10.6 Å². The van der Waals surface area contributed by atoms with Crippen LogP contribution in [-0.2, 0) is 6.42 Å². The van der Waals surface area contributed by atoms with Gasteiger partial charge in [0.05, 0.1) is 11.9 Å². The van der Waals surface area contributed by atoms with E-state index in [0.717, 1.165) is 0 Å². The number of rotatable bonds is 4. The van der Waals surface area contributed by atoms with E-state index in [-0.39, 0.29) is 0 Å². The number of aromatic nitrogens is 2. The molecule has 3 N–H and O–H groups in total. The molecule has 2 aliphatic rings. The van der Waals surface area contributed by atoms with Crippen LogP contribution in [0.25, 0.3) is 0 Å². The zero-order valence-electron chi connectivity index (χ0n) is 12.6. The molecule has 4 nitrogen and oxygen atoms in total. The molecule has 1 fully saturated rings. The van der Waals surface area contributed by atoms with Crippen molar-refractivity contribution in [3.8, 4) is 0 Å². The molecule has 112 valence electrons. The zero-order valence-corrected chi connectivity index (χ0v) is 12.6. The minimum absolute atomic E-state index is 0.474. The first-order chi connectivity index (χ1) is 9.83. The number of fused-ring (bicyclic) bond motifs is 1. The Morgan fingerprint density at radius 3 is 3.20 bits per heavy atom. The number of aromatic amines is 1. The maximum atomic E-state index is 4.21. The van der Waals surface area contributed by atoms with E-state index in [0.29, 0.717) is 18.1 Å². The number of H-pyrrole nitrogens is 1. The number of nitrogens with one attached hydrogen (secondary N) is 3. The summed E-state index contributed by atoms with van der Waals surface area (Å²) < 4.78 is 0. The SMILES string of the molecule is CC(CC1CCCCCN1)NC1CCCc2cn[nH]c21. The van der Waals surface area contributed by atoms with Gasteiger partial charge in [-0.2, -0.15) is 5.10 Å². The van der Waals surface area contributed by atoms with Crippen LogP contribution >= 0.6 is 0 Å². The maximum absolute atomic E-state index is 4.21. The lowest BCUT2D eigenvalue weighted by molar-refractivity contribution is 0.349. The van der Waals surface area contributed by atoms with Gasteiger partial charge in [0.15, 0.2) is 0 Å². The molecule has 3 rings (SSSR count). The van der Waals surface area contributed by atoms with Crippen molar-refractivity contribution in [2.45, 2.75) is 76.4 Å². The molecule has 0 radical (unpaired) electrons. The molecule has 0 spiro atoms. The van der Waals surface area contributed by atoms with E-state index in [4.69, 9.17) is 0 Å². The van der Waals surface area contributed by atoms with Gasteiger partial charge in [0, 0.05) is 18.1 Å². The molecule has 1 aliphatic heterocycles. The van der Waals surface area contributed by atoms with Crippen LogP contribution in [0.1, 0.15) is 69.2 Å². The molecule has 3 atom stereocenters. The highest BCUT2D eigenvalue weighted by Gasteiger charge is 2.24. The average Bonchev–Trinajstić information content (AvgIpc) is 2.78. The van der Waals surface area contributed by atoms with E-state index in [9.17, 15) is 0 Å². The van der Waals surface area contributed by atoms with Gasteiger partial charge >= 0.3 is 0 Å². The summed E-state index contributed by atoms with van der Waals surface area (Å²) in [4.78, 5) is 0. The van der Waals surface area contributed by atoms with Gasteiger partial charge in [-0.15, -0.1) is 0 Å². The fourth-order valence-corrected chi connectivity index (χ4v) is 3.77. The topological polar surface area (TPSA) is 52.7 Å². The molecule has 3 unspecified atom stereocenters. The molecule has 0 bridgehead atoms. The fraction of sp³-hybridized carbons (Fsp3) is 0.812. The molecule has 20 heavy (non-hydrogen) atoms. The van der Waals surface area contributed by atoms with Crippen molar-refractivity contribution in [3.05, 3.63) is 17.5 Å². The second kappa shape index (κ2) is 6.72. The molecular formula is C16H28N4. The van der Waals surface area contributed by atoms with Crippen LogP contribution in [-0.4, -0.2) is 28.8 Å². The van der Waals surface area contributed by atoms with Gasteiger partial charge in [0.2, 0.25) is 0 Å². The highest BCUT2D eigenvalue weighted by molar-refractivity contribution is 5.22. The van der Waals surface area contributed by atoms with Crippen LogP contribution in [0.5, 0.6) is 0 Å². The van der Waals surface area contributed by atoms with Crippen molar-refractivity contribution in [1.82, 2.24) is 20.8 Å². The second-order valence-electron chi connectivity index (χ2n) is 6.56. The summed E-state index contributed by atoms with van der Waals surface area (Å²) in [5.41, 5.74) is 2.74. The van der Waals surface area contributed by atoms with Crippen molar-refractivity contribution in [1.29, 1.82) is 0 Å². The predicted molar refractivity (Wildman–Crippen MR) is 81.7 cm³/mol. The lowest BCUT2D eigenvalue weighted by Crippen LogP contribution is -2.39. The van der Waals surface area contributed by atoms with Crippen LogP contribution in [0, 0.1) is 0 Å². The Kier molecular flexibility index (Phi) is 4.73. The van der Waals surface area contributed by atoms with Crippen molar-refractivity contribution in [2.75, 3.05) is 6.54 Å². The molecule has 4 heteroatoms. The quantitative estimate of drug-likeness (QED) is 0.792. The Bertz CT molecular complexity index is 406. The Labute approximate surface area is 122 Å². The lowest BCUT2D eigenvalue weighted by Gasteiger charge is -2.28. The van der Waals surface area contributed by atoms with Crippen LogP contribution in [0.2, 0.25) is 0 Å². The van der Waals surface area contributed by atoms with E-state index in [1.165, 1.54) is 69.2 Å². The monoisotopic (exact) mass is 276 g/mol. The van der Waals surface area contributed by atoms with E-state index >= 15 is 0 Å². The number of hydrogen-bond acceptors (Lipinski definition) is 3. The molecular weight excluding hydrogens is 248 g/mol. The third kappa shape index (κ3) is 3.41. The van der Waals surface area contributed by atoms with E-state index in [1.54, 1.807) is 0 Å². The highest BCUT2D eigenvalue weighted by atomic mass is 15.1. The lowest BCUT2D eigenvalue weighted by atomic mass is 9.92. The third-order valence-corrected chi connectivity index (χ3v) is 4.82. The Morgan fingerprint density at radius 2 is 2.25 bits per heavy atom. The molecule has 1 aromatic rings. The number of hydrogen-bond donors (Lipinski definition) is 3. The first kappa shape index (κ1) is 14.1. The third-order valence-electron chi connectivity index (χ3n) is 4.82. The summed E-state index contributed by atoms with van der Waals surface area (Å²) in [5, 5.41) is 14.9. The highest BCUT2D eigenvalue weighted by Crippen LogP contribution is 2.28. The molecule has 1 aromatic heterocycles. The van der Waals surface area contributed by atoms with Gasteiger partial charge in [-0.05, 0) is 57.6 Å². The van der Waals surface area contributed by atoms with E-state index in [2.05, 4.69) is 27.8 Å². The normalized spacial score (nSPS) is 28.6. The minimum Gasteiger partial charge on any atom is -0.314 e. The van der Waals surface area contributed by atoms with Crippen LogP contribution in [0.15, 0.2) is 6.20 Å². The summed E-state index contributed by atoms with van der Waals surface area (Å²) in [7, 11) is 0. The molecule has 0 aromatic carbocycles. The second-order valence-corrected chi connectivity index (χ2v) is 6.56. The molecule has 1 aliphatic carbocycles. The van der Waals surface area contributed by atoms with Gasteiger partial charge in [-0.25, -0.2) is 0 Å². The summed E-state index contributed by atoms with van der Waals surface area (Å²) in [5.74, 6) is 0. The van der Waals surface area contributed by atoms with E-state index in [1.807, 2.05) is 6.20 Å². The summed E-state index contributed by atoms with van der Waals surface area (Å²) in [6.07, 6.45) is 12.4. The molecule has 1 saturated heterocycles. The Balaban J connectivity index is 1.53. The fourth-order valence-electron chi connectivity index (χ4n) is 3.77. The van der Waals surface area contributed by atoms with Crippen LogP contribution in [0.3, 0.4) is 0 Å². The minimum atomic E-state index is 0.474. The molecule has 2 heterocycles. The number of nitrogens with zero attached hydrogens (tertiary/aromatic N) is 1. The first-order valence-corrected chi connectivity index (χ1v) is 8.34.